The molecule has 2 amide bonds. The Morgan fingerprint density at radius 1 is 1.47 bits per heavy atom. The lowest BCUT2D eigenvalue weighted by atomic mass is 10.1. The Balaban J connectivity index is 0.00000324. The van der Waals surface area contributed by atoms with Gasteiger partial charge in [0.1, 0.15) is 11.8 Å². The standard InChI is InChI=1S/C11H17N3O4.CH4/c1-6(2)8-4-9(14-18-8)13-11(17)10(7(3)16)12-5-15;/h4-7,10,16H,1-3H3,(H,12,15)(H,13,14,17);1H4. The molecule has 19 heavy (non-hydrogen) atoms. The number of nitrogens with zero attached hydrogens (tertiary/aromatic N) is 1. The first-order chi connectivity index (χ1) is 8.45. The molecule has 1 aromatic rings. The van der Waals surface area contributed by atoms with Crippen molar-refractivity contribution in [3.05, 3.63) is 11.8 Å². The minimum absolute atomic E-state index is 0. The van der Waals surface area contributed by atoms with Gasteiger partial charge < -0.3 is 20.3 Å². The molecule has 3 N–H and O–H groups in total. The monoisotopic (exact) mass is 271 g/mol. The topological polar surface area (TPSA) is 104 Å². The molecule has 0 aliphatic heterocycles. The predicted molar refractivity (Wildman–Crippen MR) is 70.6 cm³/mol. The molecule has 0 bridgehead atoms. The van der Waals surface area contributed by atoms with Crippen molar-refractivity contribution in [1.29, 1.82) is 0 Å². The summed E-state index contributed by atoms with van der Waals surface area (Å²) in [5, 5.41) is 17.7. The summed E-state index contributed by atoms with van der Waals surface area (Å²) in [5.74, 6) is 0.494. The van der Waals surface area contributed by atoms with Gasteiger partial charge in [-0.15, -0.1) is 0 Å². The molecule has 2 unspecified atom stereocenters. The Labute approximate surface area is 112 Å². The van der Waals surface area contributed by atoms with Gasteiger partial charge in [-0.3, -0.25) is 9.59 Å². The van der Waals surface area contributed by atoms with Gasteiger partial charge in [0.15, 0.2) is 5.82 Å². The maximum atomic E-state index is 11.7. The van der Waals surface area contributed by atoms with Crippen LogP contribution in [0.3, 0.4) is 0 Å². The Bertz CT molecular complexity index is 415. The van der Waals surface area contributed by atoms with Crippen molar-refractivity contribution < 1.29 is 19.2 Å². The SMILES string of the molecule is C.CC(C)c1cc(NC(=O)C(NC=O)C(C)O)no1. The summed E-state index contributed by atoms with van der Waals surface area (Å²) in [4.78, 5) is 22.1. The van der Waals surface area contributed by atoms with E-state index in [1.807, 2.05) is 13.8 Å². The number of aliphatic hydroxyl groups is 1. The van der Waals surface area contributed by atoms with Crippen LogP contribution in [0, 0.1) is 0 Å². The lowest BCUT2D eigenvalue weighted by Gasteiger charge is -2.17. The molecule has 0 spiro atoms. The third kappa shape index (κ3) is 4.70. The fourth-order valence-electron chi connectivity index (χ4n) is 1.33. The van der Waals surface area contributed by atoms with Gasteiger partial charge in [0.05, 0.1) is 6.10 Å². The number of carbonyl (C=O) groups excluding carboxylic acids is 2. The van der Waals surface area contributed by atoms with Gasteiger partial charge in [0.25, 0.3) is 5.91 Å². The van der Waals surface area contributed by atoms with E-state index < -0.39 is 18.1 Å². The molecule has 0 aliphatic carbocycles. The summed E-state index contributed by atoms with van der Waals surface area (Å²) in [6, 6.07) is 0.574. The number of aromatic nitrogens is 1. The van der Waals surface area contributed by atoms with E-state index in [-0.39, 0.29) is 19.2 Å². The fraction of sp³-hybridized carbons (Fsp3) is 0.583. The van der Waals surface area contributed by atoms with E-state index in [1.165, 1.54) is 6.92 Å². The first-order valence-corrected chi connectivity index (χ1v) is 5.61. The second kappa shape index (κ2) is 7.52. The highest BCUT2D eigenvalue weighted by Crippen LogP contribution is 2.17. The van der Waals surface area contributed by atoms with Gasteiger partial charge in [-0.25, -0.2) is 0 Å². The largest absolute Gasteiger partial charge is 0.391 e. The molecule has 0 saturated carbocycles. The van der Waals surface area contributed by atoms with E-state index in [4.69, 9.17) is 4.52 Å². The molecule has 0 aromatic carbocycles. The zero-order valence-electron chi connectivity index (χ0n) is 10.5. The summed E-state index contributed by atoms with van der Waals surface area (Å²) in [7, 11) is 0. The van der Waals surface area contributed by atoms with Gasteiger partial charge >= 0.3 is 0 Å². The third-order valence-corrected chi connectivity index (χ3v) is 2.36. The van der Waals surface area contributed by atoms with E-state index in [1.54, 1.807) is 6.07 Å². The zero-order valence-corrected chi connectivity index (χ0v) is 10.5. The van der Waals surface area contributed by atoms with Crippen LogP contribution in [0.2, 0.25) is 0 Å². The summed E-state index contributed by atoms with van der Waals surface area (Å²) < 4.78 is 5.01. The van der Waals surface area contributed by atoms with Crippen molar-refractivity contribution in [2.45, 2.75) is 46.3 Å². The molecule has 0 aliphatic rings. The number of anilines is 1. The van der Waals surface area contributed by atoms with Gasteiger partial charge in [0.2, 0.25) is 6.41 Å². The number of amides is 2. The average molecular weight is 271 g/mol. The van der Waals surface area contributed by atoms with Crippen LogP contribution in [0.15, 0.2) is 10.6 Å². The van der Waals surface area contributed by atoms with E-state index in [0.29, 0.717) is 12.2 Å². The smallest absolute Gasteiger partial charge is 0.250 e. The molecular weight excluding hydrogens is 250 g/mol. The van der Waals surface area contributed by atoms with Gasteiger partial charge in [-0.1, -0.05) is 26.4 Å². The van der Waals surface area contributed by atoms with Crippen molar-refractivity contribution in [3.8, 4) is 0 Å². The molecule has 1 heterocycles. The number of nitrogens with one attached hydrogen (secondary N) is 2. The Kier molecular flexibility index (Phi) is 6.78. The van der Waals surface area contributed by atoms with E-state index in [9.17, 15) is 14.7 Å². The van der Waals surface area contributed by atoms with Gasteiger partial charge in [0, 0.05) is 12.0 Å². The highest BCUT2D eigenvalue weighted by Gasteiger charge is 2.24. The molecule has 2 atom stereocenters. The van der Waals surface area contributed by atoms with Crippen LogP contribution < -0.4 is 10.6 Å². The normalized spacial score (nSPS) is 13.3. The number of rotatable bonds is 6. The second-order valence-corrected chi connectivity index (χ2v) is 4.26. The Hall–Kier alpha value is -1.89. The summed E-state index contributed by atoms with van der Waals surface area (Å²) in [6.45, 7) is 5.26. The maximum Gasteiger partial charge on any atom is 0.250 e. The summed E-state index contributed by atoms with van der Waals surface area (Å²) in [6.07, 6.45) is -0.647. The first kappa shape index (κ1) is 17.1. The predicted octanol–water partition coefficient (Wildman–Crippen LogP) is 0.868. The molecule has 7 heteroatoms. The second-order valence-electron chi connectivity index (χ2n) is 4.26. The minimum Gasteiger partial charge on any atom is -0.391 e. The van der Waals surface area contributed by atoms with Crippen molar-refractivity contribution in [2.75, 3.05) is 5.32 Å². The summed E-state index contributed by atoms with van der Waals surface area (Å²) >= 11 is 0. The van der Waals surface area contributed by atoms with Crippen LogP contribution in [-0.2, 0) is 9.59 Å². The minimum atomic E-state index is -1.03. The van der Waals surface area contributed by atoms with Crippen molar-refractivity contribution in [2.24, 2.45) is 0 Å². The molecule has 7 nitrogen and oxygen atoms in total. The quantitative estimate of drug-likeness (QED) is 0.666. The summed E-state index contributed by atoms with van der Waals surface area (Å²) in [5.41, 5.74) is 0. The van der Waals surface area contributed by atoms with Crippen LogP contribution in [0.25, 0.3) is 0 Å². The first-order valence-electron chi connectivity index (χ1n) is 5.61. The van der Waals surface area contributed by atoms with E-state index >= 15 is 0 Å². The molecule has 1 aromatic heterocycles. The third-order valence-electron chi connectivity index (χ3n) is 2.36. The van der Waals surface area contributed by atoms with Gasteiger partial charge in [-0.05, 0) is 6.92 Å². The van der Waals surface area contributed by atoms with Crippen LogP contribution in [0.5, 0.6) is 0 Å². The van der Waals surface area contributed by atoms with Crippen LogP contribution in [-0.4, -0.2) is 34.7 Å². The number of aliphatic hydroxyl groups excluding tert-OH is 1. The fourth-order valence-corrected chi connectivity index (χ4v) is 1.33. The molecule has 0 fully saturated rings. The molecule has 0 radical (unpaired) electrons. The van der Waals surface area contributed by atoms with Crippen molar-refractivity contribution in [1.82, 2.24) is 10.5 Å². The van der Waals surface area contributed by atoms with E-state index in [0.717, 1.165) is 0 Å². The Morgan fingerprint density at radius 2 is 2.11 bits per heavy atom. The van der Waals surface area contributed by atoms with E-state index in [2.05, 4.69) is 15.8 Å². The molecule has 0 saturated heterocycles. The van der Waals surface area contributed by atoms with Crippen molar-refractivity contribution in [3.63, 3.8) is 0 Å². The number of hydrogen-bond acceptors (Lipinski definition) is 5. The highest BCUT2D eigenvalue weighted by molar-refractivity contribution is 5.95. The maximum absolute atomic E-state index is 11.7. The molecular formula is C12H21N3O4. The lowest BCUT2D eigenvalue weighted by Crippen LogP contribution is -2.47. The van der Waals surface area contributed by atoms with Crippen LogP contribution in [0.4, 0.5) is 5.82 Å². The highest BCUT2D eigenvalue weighted by atomic mass is 16.5. The van der Waals surface area contributed by atoms with Gasteiger partial charge in [-0.2, -0.15) is 0 Å². The molecule has 108 valence electrons. The zero-order chi connectivity index (χ0) is 13.7. The Morgan fingerprint density at radius 3 is 2.53 bits per heavy atom. The average Bonchev–Trinajstić information content (AvgIpc) is 2.73. The molecule has 1 rings (SSSR count). The number of hydrogen-bond donors (Lipinski definition) is 3. The number of carbonyl (C=O) groups is 2. The lowest BCUT2D eigenvalue weighted by molar-refractivity contribution is -0.123. The van der Waals surface area contributed by atoms with Crippen LogP contribution >= 0.6 is 0 Å². The van der Waals surface area contributed by atoms with Crippen LogP contribution in [0.1, 0.15) is 39.9 Å². The van der Waals surface area contributed by atoms with Crippen molar-refractivity contribution >= 4 is 18.1 Å².